The molecule has 0 saturated heterocycles. The summed E-state index contributed by atoms with van der Waals surface area (Å²) in [6.45, 7) is 1.75. The van der Waals surface area contributed by atoms with E-state index in [4.69, 9.17) is 18.6 Å². The van der Waals surface area contributed by atoms with Crippen LogP contribution in [-0.2, 0) is 10.9 Å². The summed E-state index contributed by atoms with van der Waals surface area (Å²) in [6, 6.07) is 12.6. The molecule has 0 saturated carbocycles. The Morgan fingerprint density at radius 3 is 2.08 bits per heavy atom. The van der Waals surface area contributed by atoms with Gasteiger partial charge in [-0.3, -0.25) is 4.79 Å². The van der Waals surface area contributed by atoms with E-state index in [0.29, 0.717) is 0 Å². The van der Waals surface area contributed by atoms with Crippen molar-refractivity contribution in [3.05, 3.63) is 99.7 Å². The van der Waals surface area contributed by atoms with Gasteiger partial charge in [-0.05, 0) is 67.6 Å². The number of alkyl halides is 3. The van der Waals surface area contributed by atoms with Gasteiger partial charge in [0, 0.05) is 6.07 Å². The fourth-order valence-corrected chi connectivity index (χ4v) is 3.24. The molecule has 7 nitrogen and oxygen atoms in total. The summed E-state index contributed by atoms with van der Waals surface area (Å²) in [7, 11) is 0. The molecule has 0 aliphatic carbocycles. The van der Waals surface area contributed by atoms with Crippen molar-refractivity contribution in [1.29, 1.82) is 0 Å². The van der Waals surface area contributed by atoms with Crippen LogP contribution in [0, 0.1) is 5.82 Å². The van der Waals surface area contributed by atoms with Gasteiger partial charge in [0.1, 0.15) is 22.9 Å². The van der Waals surface area contributed by atoms with Crippen LogP contribution in [0.4, 0.5) is 17.6 Å². The summed E-state index contributed by atoms with van der Waals surface area (Å²) in [5.41, 5.74) is -1.50. The van der Waals surface area contributed by atoms with Crippen LogP contribution in [-0.4, -0.2) is 18.5 Å². The quantitative estimate of drug-likeness (QED) is 0.173. The maximum atomic E-state index is 13.8. The molecule has 0 fully saturated rings. The maximum absolute atomic E-state index is 13.8. The molecule has 0 unspecified atom stereocenters. The Balaban J connectivity index is 1.68. The zero-order valence-corrected chi connectivity index (χ0v) is 18.9. The van der Waals surface area contributed by atoms with Crippen molar-refractivity contribution in [2.24, 2.45) is 0 Å². The number of esters is 2. The molecule has 0 aliphatic heterocycles. The Kier molecular flexibility index (Phi) is 6.96. The third-order valence-electron chi connectivity index (χ3n) is 4.96. The monoisotopic (exact) mass is 516 g/mol. The van der Waals surface area contributed by atoms with Crippen LogP contribution in [0.5, 0.6) is 17.2 Å². The molecule has 0 N–H and O–H groups in total. The number of carbonyl (C=O) groups is 2. The largest absolute Gasteiger partial charge is 0.462 e. The standard InChI is InChI=1S/C26H16F4O7/c1-2-34-24(32)14-5-9-17(10-6-14)35-22-21(31)19-12-11-18(13-20(19)37-23(22)26(28,29)30)36-25(33)15-3-7-16(27)8-4-15/h3-13H,2H2,1H3. The molecule has 1 heterocycles. The maximum Gasteiger partial charge on any atom is 0.453 e. The van der Waals surface area contributed by atoms with Crippen LogP contribution >= 0.6 is 0 Å². The Bertz CT molecular complexity index is 1520. The molecule has 0 spiro atoms. The number of ether oxygens (including phenoxy) is 3. The molecule has 1 aromatic heterocycles. The first-order valence-electron chi connectivity index (χ1n) is 10.7. The van der Waals surface area contributed by atoms with Gasteiger partial charge in [0.2, 0.25) is 11.2 Å². The second kappa shape index (κ2) is 10.1. The first-order chi connectivity index (χ1) is 17.6. The number of rotatable bonds is 6. The third kappa shape index (κ3) is 5.61. The van der Waals surface area contributed by atoms with Crippen molar-refractivity contribution in [2.45, 2.75) is 13.1 Å². The lowest BCUT2D eigenvalue weighted by Crippen LogP contribution is -2.15. The van der Waals surface area contributed by atoms with Crippen molar-refractivity contribution in [1.82, 2.24) is 0 Å². The average Bonchev–Trinajstić information content (AvgIpc) is 2.86. The van der Waals surface area contributed by atoms with Gasteiger partial charge in [-0.2, -0.15) is 13.2 Å². The number of hydrogen-bond donors (Lipinski definition) is 0. The van der Waals surface area contributed by atoms with Gasteiger partial charge < -0.3 is 18.6 Å². The number of halogens is 4. The molecule has 0 aliphatic rings. The highest BCUT2D eigenvalue weighted by Crippen LogP contribution is 2.38. The fraction of sp³-hybridized carbons (Fsp3) is 0.115. The number of hydrogen-bond acceptors (Lipinski definition) is 7. The molecular weight excluding hydrogens is 500 g/mol. The molecule has 37 heavy (non-hydrogen) atoms. The summed E-state index contributed by atoms with van der Waals surface area (Å²) in [6.07, 6.45) is -5.12. The molecule has 190 valence electrons. The predicted molar refractivity (Wildman–Crippen MR) is 121 cm³/mol. The van der Waals surface area contributed by atoms with E-state index in [0.717, 1.165) is 24.3 Å². The second-order valence-electron chi connectivity index (χ2n) is 7.49. The number of benzene rings is 3. The van der Waals surface area contributed by atoms with E-state index in [1.807, 2.05) is 0 Å². The van der Waals surface area contributed by atoms with Crippen LogP contribution in [0.2, 0.25) is 0 Å². The van der Waals surface area contributed by atoms with Gasteiger partial charge >= 0.3 is 18.1 Å². The molecule has 0 bridgehead atoms. The van der Waals surface area contributed by atoms with Gasteiger partial charge in [-0.15, -0.1) is 0 Å². The van der Waals surface area contributed by atoms with Crippen molar-refractivity contribution < 1.29 is 45.8 Å². The van der Waals surface area contributed by atoms with E-state index in [1.165, 1.54) is 42.5 Å². The zero-order chi connectivity index (χ0) is 26.7. The van der Waals surface area contributed by atoms with Crippen LogP contribution in [0.15, 0.2) is 75.9 Å². The van der Waals surface area contributed by atoms with Crippen molar-refractivity contribution >= 4 is 22.9 Å². The average molecular weight is 516 g/mol. The third-order valence-corrected chi connectivity index (χ3v) is 4.96. The van der Waals surface area contributed by atoms with Gasteiger partial charge in [0.05, 0.1) is 23.1 Å². The summed E-state index contributed by atoms with van der Waals surface area (Å²) in [5, 5.41) is -0.271. The Hall–Kier alpha value is -4.67. The van der Waals surface area contributed by atoms with Crippen LogP contribution in [0.1, 0.15) is 33.4 Å². The van der Waals surface area contributed by atoms with Crippen LogP contribution in [0.25, 0.3) is 11.0 Å². The lowest BCUT2D eigenvalue weighted by atomic mass is 10.2. The molecule has 0 amide bonds. The Labute approximate surface area is 205 Å². The molecule has 3 aromatic carbocycles. The van der Waals surface area contributed by atoms with E-state index in [9.17, 15) is 31.9 Å². The van der Waals surface area contributed by atoms with Gasteiger partial charge in [-0.1, -0.05) is 0 Å². The molecule has 0 radical (unpaired) electrons. The number of fused-ring (bicyclic) bond motifs is 1. The minimum atomic E-state index is -5.12. The Morgan fingerprint density at radius 1 is 0.865 bits per heavy atom. The van der Waals surface area contributed by atoms with Crippen LogP contribution < -0.4 is 14.9 Å². The fourth-order valence-electron chi connectivity index (χ4n) is 3.24. The highest BCUT2D eigenvalue weighted by Gasteiger charge is 2.40. The lowest BCUT2D eigenvalue weighted by molar-refractivity contribution is -0.154. The van der Waals surface area contributed by atoms with Crippen molar-refractivity contribution in [3.8, 4) is 17.2 Å². The summed E-state index contributed by atoms with van der Waals surface area (Å²) in [4.78, 5) is 37.0. The van der Waals surface area contributed by atoms with Crippen molar-refractivity contribution in [2.75, 3.05) is 6.61 Å². The highest BCUT2D eigenvalue weighted by molar-refractivity contribution is 5.91. The summed E-state index contributed by atoms with van der Waals surface area (Å²) < 4.78 is 74.6. The highest BCUT2D eigenvalue weighted by atomic mass is 19.4. The summed E-state index contributed by atoms with van der Waals surface area (Å²) >= 11 is 0. The minimum Gasteiger partial charge on any atom is -0.462 e. The zero-order valence-electron chi connectivity index (χ0n) is 18.9. The first kappa shape index (κ1) is 25.4. The predicted octanol–water partition coefficient (Wildman–Crippen LogP) is 6.14. The second-order valence-corrected chi connectivity index (χ2v) is 7.49. The Morgan fingerprint density at radius 2 is 1.46 bits per heavy atom. The number of carbonyl (C=O) groups excluding carboxylic acids is 2. The van der Waals surface area contributed by atoms with Gasteiger partial charge in [0.25, 0.3) is 5.76 Å². The van der Waals surface area contributed by atoms with E-state index in [1.54, 1.807) is 6.92 Å². The van der Waals surface area contributed by atoms with Crippen LogP contribution in [0.3, 0.4) is 0 Å². The summed E-state index contributed by atoms with van der Waals surface area (Å²) in [5.74, 6) is -5.29. The lowest BCUT2D eigenvalue weighted by Gasteiger charge is -2.14. The molecule has 11 heteroatoms. The normalized spacial score (nSPS) is 11.3. The first-order valence-corrected chi connectivity index (χ1v) is 10.7. The smallest absolute Gasteiger partial charge is 0.453 e. The molecule has 4 rings (SSSR count). The van der Waals surface area contributed by atoms with E-state index in [2.05, 4.69) is 0 Å². The van der Waals surface area contributed by atoms with E-state index < -0.39 is 46.5 Å². The topological polar surface area (TPSA) is 92.0 Å². The van der Waals surface area contributed by atoms with E-state index in [-0.39, 0.29) is 34.6 Å². The molecular formula is C26H16F4O7. The van der Waals surface area contributed by atoms with E-state index >= 15 is 0 Å². The SMILES string of the molecule is CCOC(=O)c1ccc(Oc2c(C(F)(F)F)oc3cc(OC(=O)c4ccc(F)cc4)ccc3c2=O)cc1. The van der Waals surface area contributed by atoms with Crippen molar-refractivity contribution in [3.63, 3.8) is 0 Å². The molecule has 4 aromatic rings. The van der Waals surface area contributed by atoms with Gasteiger partial charge in [-0.25, -0.2) is 14.0 Å². The molecule has 0 atom stereocenters. The minimum absolute atomic E-state index is 0.00310. The van der Waals surface area contributed by atoms with Gasteiger partial charge in [0.15, 0.2) is 0 Å².